The largest absolute Gasteiger partial charge is 0.508 e. The first-order valence-corrected chi connectivity index (χ1v) is 12.4. The van der Waals surface area contributed by atoms with Crippen LogP contribution >= 0.6 is 0 Å². The van der Waals surface area contributed by atoms with Crippen LogP contribution in [0.3, 0.4) is 0 Å². The number of fused-ring (bicyclic) bond motifs is 2. The van der Waals surface area contributed by atoms with Gasteiger partial charge in [-0.15, -0.1) is 0 Å². The molecule has 0 radical (unpaired) electrons. The number of aromatic hydroxyl groups is 2. The fourth-order valence-corrected chi connectivity index (χ4v) is 5.57. The van der Waals surface area contributed by atoms with E-state index in [-0.39, 0.29) is 17.6 Å². The van der Waals surface area contributed by atoms with Crippen LogP contribution in [0.25, 0.3) is 11.1 Å². The molecule has 3 aromatic carbocycles. The van der Waals surface area contributed by atoms with Gasteiger partial charge < -0.3 is 19.7 Å². The maximum atomic E-state index is 10.1. The van der Waals surface area contributed by atoms with Gasteiger partial charge in [-0.05, 0) is 91.3 Å². The van der Waals surface area contributed by atoms with Crippen molar-refractivity contribution >= 4 is 11.1 Å². The summed E-state index contributed by atoms with van der Waals surface area (Å²) in [5.41, 5.74) is 4.72. The molecule has 6 rings (SSSR count). The standard InChI is InChI=1S/C30H31NO4/c1-18(31-15-22-12-23(22)16-31)17-34-26-9-6-20(7-10-26)30-29(21-4-3-5-24(32)13-21)19(2)27-14-25(33)8-11-28(27)35-30/h3-11,13-14,18,22-23,30,32-33H,12,15-17H2,1-2H3/t18-,22?,23?,30?/m0/s1. The summed E-state index contributed by atoms with van der Waals surface area (Å²) in [4.78, 5) is 2.55. The summed E-state index contributed by atoms with van der Waals surface area (Å²) in [5.74, 6) is 3.84. The summed E-state index contributed by atoms with van der Waals surface area (Å²) in [7, 11) is 0. The predicted molar refractivity (Wildman–Crippen MR) is 137 cm³/mol. The van der Waals surface area contributed by atoms with E-state index in [1.54, 1.807) is 24.3 Å². The molecule has 2 aliphatic heterocycles. The first-order valence-electron chi connectivity index (χ1n) is 12.4. The molecule has 3 aromatic rings. The Morgan fingerprint density at radius 2 is 1.71 bits per heavy atom. The summed E-state index contributed by atoms with van der Waals surface area (Å²) in [6, 6.07) is 20.9. The Labute approximate surface area is 206 Å². The number of benzene rings is 3. The summed E-state index contributed by atoms with van der Waals surface area (Å²) >= 11 is 0. The van der Waals surface area contributed by atoms with Gasteiger partial charge in [0.15, 0.2) is 0 Å². The van der Waals surface area contributed by atoms with Gasteiger partial charge in [0.05, 0.1) is 0 Å². The van der Waals surface area contributed by atoms with Gasteiger partial charge in [0.2, 0.25) is 0 Å². The highest BCUT2D eigenvalue weighted by Crippen LogP contribution is 2.48. The van der Waals surface area contributed by atoms with Crippen LogP contribution in [0.2, 0.25) is 0 Å². The number of nitrogens with zero attached hydrogens (tertiary/aromatic N) is 1. The molecular formula is C30H31NO4. The molecule has 0 spiro atoms. The van der Waals surface area contributed by atoms with E-state index in [0.29, 0.717) is 12.6 Å². The lowest BCUT2D eigenvalue weighted by Crippen LogP contribution is -2.36. The molecule has 3 unspecified atom stereocenters. The molecule has 1 saturated heterocycles. The number of allylic oxidation sites excluding steroid dienone is 1. The van der Waals surface area contributed by atoms with E-state index in [9.17, 15) is 10.2 Å². The Balaban J connectivity index is 1.26. The van der Waals surface area contributed by atoms with Gasteiger partial charge in [-0.2, -0.15) is 0 Å². The van der Waals surface area contributed by atoms with Crippen LogP contribution < -0.4 is 9.47 Å². The minimum Gasteiger partial charge on any atom is -0.508 e. The van der Waals surface area contributed by atoms with Crippen LogP contribution in [0.15, 0.2) is 66.7 Å². The third kappa shape index (κ3) is 4.25. The number of rotatable bonds is 6. The molecule has 35 heavy (non-hydrogen) atoms. The number of ether oxygens (including phenoxy) is 2. The molecule has 1 aliphatic carbocycles. The van der Waals surface area contributed by atoms with Crippen LogP contribution in [0, 0.1) is 11.8 Å². The summed E-state index contributed by atoms with van der Waals surface area (Å²) in [6.07, 6.45) is 1.07. The molecule has 5 heteroatoms. The number of phenolic OH excluding ortho intramolecular Hbond substituents is 2. The molecule has 0 amide bonds. The Bertz CT molecular complexity index is 1270. The van der Waals surface area contributed by atoms with Gasteiger partial charge in [0, 0.05) is 30.3 Å². The molecule has 4 atom stereocenters. The van der Waals surface area contributed by atoms with Gasteiger partial charge in [-0.25, -0.2) is 0 Å². The predicted octanol–water partition coefficient (Wildman–Crippen LogP) is 5.88. The second-order valence-corrected chi connectivity index (χ2v) is 10.2. The fraction of sp³-hybridized carbons (Fsp3) is 0.333. The fourth-order valence-electron chi connectivity index (χ4n) is 5.57. The summed E-state index contributed by atoms with van der Waals surface area (Å²) in [5, 5.41) is 20.2. The minimum absolute atomic E-state index is 0.196. The average molecular weight is 470 g/mol. The van der Waals surface area contributed by atoms with Gasteiger partial charge in [0.25, 0.3) is 0 Å². The third-order valence-electron chi connectivity index (χ3n) is 7.74. The SMILES string of the molecule is CC1=C(c2cccc(O)c2)C(c2ccc(OC[C@H](C)N3CC4CC4C3)cc2)Oc2ccc(O)cc21. The van der Waals surface area contributed by atoms with E-state index < -0.39 is 0 Å². The van der Waals surface area contributed by atoms with Crippen molar-refractivity contribution in [3.8, 4) is 23.0 Å². The Hall–Kier alpha value is -3.44. The quantitative estimate of drug-likeness (QED) is 0.472. The lowest BCUT2D eigenvalue weighted by atomic mass is 9.86. The highest BCUT2D eigenvalue weighted by molar-refractivity contribution is 5.95. The molecular weight excluding hydrogens is 438 g/mol. The van der Waals surface area contributed by atoms with E-state index >= 15 is 0 Å². The maximum Gasteiger partial charge on any atom is 0.150 e. The van der Waals surface area contributed by atoms with Gasteiger partial charge in [0.1, 0.15) is 35.7 Å². The lowest BCUT2D eigenvalue weighted by molar-refractivity contribution is 0.160. The summed E-state index contributed by atoms with van der Waals surface area (Å²) < 4.78 is 12.6. The van der Waals surface area contributed by atoms with Crippen molar-refractivity contribution in [3.63, 3.8) is 0 Å². The average Bonchev–Trinajstić information content (AvgIpc) is 3.47. The van der Waals surface area contributed by atoms with Crippen molar-refractivity contribution < 1.29 is 19.7 Å². The second kappa shape index (κ2) is 8.65. The zero-order valence-electron chi connectivity index (χ0n) is 20.1. The molecule has 2 N–H and O–H groups in total. The van der Waals surface area contributed by atoms with Crippen LogP contribution in [0.4, 0.5) is 0 Å². The Morgan fingerprint density at radius 3 is 2.46 bits per heavy atom. The number of piperidine rings is 1. The Kier molecular flexibility index (Phi) is 5.45. The topological polar surface area (TPSA) is 62.2 Å². The summed E-state index contributed by atoms with van der Waals surface area (Å²) in [6.45, 7) is 7.41. The van der Waals surface area contributed by atoms with Crippen LogP contribution in [0.5, 0.6) is 23.0 Å². The number of hydrogen-bond acceptors (Lipinski definition) is 5. The number of phenols is 2. The zero-order valence-corrected chi connectivity index (χ0v) is 20.1. The number of likely N-dealkylation sites (tertiary alicyclic amines) is 1. The lowest BCUT2D eigenvalue weighted by Gasteiger charge is -2.31. The maximum absolute atomic E-state index is 10.1. The third-order valence-corrected chi connectivity index (χ3v) is 7.74. The monoisotopic (exact) mass is 469 g/mol. The van der Waals surface area contributed by atoms with E-state index in [4.69, 9.17) is 9.47 Å². The van der Waals surface area contributed by atoms with Crippen molar-refractivity contribution in [2.75, 3.05) is 19.7 Å². The van der Waals surface area contributed by atoms with Crippen molar-refractivity contribution in [2.24, 2.45) is 11.8 Å². The molecule has 1 saturated carbocycles. The van der Waals surface area contributed by atoms with E-state index in [2.05, 4.69) is 24.0 Å². The highest BCUT2D eigenvalue weighted by atomic mass is 16.5. The van der Waals surface area contributed by atoms with Crippen molar-refractivity contribution in [1.82, 2.24) is 4.90 Å². The molecule has 180 valence electrons. The first-order chi connectivity index (χ1) is 17.0. The van der Waals surface area contributed by atoms with E-state index in [1.165, 1.54) is 19.5 Å². The zero-order chi connectivity index (χ0) is 24.1. The van der Waals surface area contributed by atoms with E-state index in [0.717, 1.165) is 51.2 Å². The van der Waals surface area contributed by atoms with Gasteiger partial charge in [-0.1, -0.05) is 24.3 Å². The smallest absolute Gasteiger partial charge is 0.150 e. The highest BCUT2D eigenvalue weighted by Gasteiger charge is 2.46. The van der Waals surface area contributed by atoms with Crippen LogP contribution in [0.1, 0.15) is 43.1 Å². The number of hydrogen-bond donors (Lipinski definition) is 2. The molecule has 0 bridgehead atoms. The molecule has 2 fully saturated rings. The first kappa shape index (κ1) is 22.1. The van der Waals surface area contributed by atoms with Crippen LogP contribution in [-0.2, 0) is 0 Å². The van der Waals surface area contributed by atoms with Crippen molar-refractivity contribution in [3.05, 3.63) is 83.4 Å². The molecule has 2 heterocycles. The molecule has 0 aromatic heterocycles. The second-order valence-electron chi connectivity index (χ2n) is 10.2. The van der Waals surface area contributed by atoms with Crippen LogP contribution in [-0.4, -0.2) is 40.9 Å². The van der Waals surface area contributed by atoms with Gasteiger partial charge >= 0.3 is 0 Å². The molecule has 3 aliphatic rings. The van der Waals surface area contributed by atoms with Gasteiger partial charge in [-0.3, -0.25) is 4.90 Å². The van der Waals surface area contributed by atoms with Crippen molar-refractivity contribution in [2.45, 2.75) is 32.4 Å². The van der Waals surface area contributed by atoms with Crippen molar-refractivity contribution in [1.29, 1.82) is 0 Å². The minimum atomic E-state index is -0.349. The normalized spacial score (nSPS) is 23.9. The molecule has 5 nitrogen and oxygen atoms in total. The van der Waals surface area contributed by atoms with E-state index in [1.807, 2.05) is 37.3 Å². The Morgan fingerprint density at radius 1 is 0.971 bits per heavy atom.